The first-order chi connectivity index (χ1) is 6.95. The summed E-state index contributed by atoms with van der Waals surface area (Å²) in [5.74, 6) is 0. The zero-order valence-electron chi connectivity index (χ0n) is 7.44. The molecule has 0 fully saturated rings. The molecule has 0 spiro atoms. The highest BCUT2D eigenvalue weighted by atomic mass is 32.1. The average Bonchev–Trinajstić information content (AvgIpc) is 2.79. The molecular formula is C12H8OS. The molecule has 0 aliphatic carbocycles. The molecule has 3 aromatic rings. The predicted octanol–water partition coefficient (Wildman–Crippen LogP) is 4.16. The molecule has 1 aromatic carbocycles. The quantitative estimate of drug-likeness (QED) is 0.574. The van der Waals surface area contributed by atoms with Crippen molar-refractivity contribution in [1.29, 1.82) is 0 Å². The van der Waals surface area contributed by atoms with Gasteiger partial charge in [0.05, 0.1) is 6.26 Å². The van der Waals surface area contributed by atoms with E-state index in [4.69, 9.17) is 4.42 Å². The van der Waals surface area contributed by atoms with Gasteiger partial charge in [-0.2, -0.15) is 0 Å². The average molecular weight is 200 g/mol. The van der Waals surface area contributed by atoms with E-state index < -0.39 is 0 Å². The van der Waals surface area contributed by atoms with E-state index in [1.54, 1.807) is 17.6 Å². The van der Waals surface area contributed by atoms with E-state index >= 15 is 0 Å². The zero-order valence-corrected chi connectivity index (χ0v) is 8.25. The van der Waals surface area contributed by atoms with Crippen LogP contribution in [0.25, 0.3) is 21.4 Å². The molecule has 0 amide bonds. The van der Waals surface area contributed by atoms with Gasteiger partial charge in [0.15, 0.2) is 0 Å². The third-order valence-electron chi connectivity index (χ3n) is 2.26. The summed E-state index contributed by atoms with van der Waals surface area (Å²) in [4.78, 5) is 1.29. The molecular weight excluding hydrogens is 192 g/mol. The lowest BCUT2D eigenvalue weighted by molar-refractivity contribution is 0.617. The summed E-state index contributed by atoms with van der Waals surface area (Å²) in [5, 5.41) is 3.26. The van der Waals surface area contributed by atoms with Crippen molar-refractivity contribution in [3.8, 4) is 10.4 Å². The first-order valence-corrected chi connectivity index (χ1v) is 5.33. The van der Waals surface area contributed by atoms with Crippen LogP contribution in [-0.4, -0.2) is 0 Å². The van der Waals surface area contributed by atoms with Gasteiger partial charge in [-0.3, -0.25) is 0 Å². The van der Waals surface area contributed by atoms with E-state index in [1.165, 1.54) is 15.8 Å². The van der Waals surface area contributed by atoms with Crippen LogP contribution < -0.4 is 0 Å². The first kappa shape index (κ1) is 7.83. The highest BCUT2D eigenvalue weighted by Gasteiger charge is 2.07. The van der Waals surface area contributed by atoms with Crippen LogP contribution in [0.3, 0.4) is 0 Å². The number of hydrogen-bond acceptors (Lipinski definition) is 2. The maximum atomic E-state index is 5.33. The van der Waals surface area contributed by atoms with Crippen molar-refractivity contribution < 1.29 is 4.42 Å². The fourth-order valence-electron chi connectivity index (χ4n) is 1.59. The van der Waals surface area contributed by atoms with Gasteiger partial charge in [0.2, 0.25) is 0 Å². The molecule has 0 unspecified atom stereocenters. The standard InChI is InChI=1S/C12H8OS/c1-2-4-9(5-3-1)12-10-6-7-13-11(10)8-14-12/h1-8H. The Labute approximate surface area is 85.6 Å². The van der Waals surface area contributed by atoms with Crippen LogP contribution in [0.4, 0.5) is 0 Å². The van der Waals surface area contributed by atoms with E-state index in [9.17, 15) is 0 Å². The van der Waals surface area contributed by atoms with Gasteiger partial charge < -0.3 is 4.42 Å². The Hall–Kier alpha value is -1.54. The van der Waals surface area contributed by atoms with Crippen molar-refractivity contribution in [3.63, 3.8) is 0 Å². The Bertz CT molecular complexity index is 548. The van der Waals surface area contributed by atoms with Gasteiger partial charge in [0, 0.05) is 15.6 Å². The lowest BCUT2D eigenvalue weighted by atomic mass is 10.1. The van der Waals surface area contributed by atoms with Gasteiger partial charge in [-0.05, 0) is 11.6 Å². The highest BCUT2D eigenvalue weighted by Crippen LogP contribution is 2.35. The summed E-state index contributed by atoms with van der Waals surface area (Å²) in [5.41, 5.74) is 2.24. The maximum Gasteiger partial charge on any atom is 0.145 e. The number of benzene rings is 1. The topological polar surface area (TPSA) is 13.1 Å². The molecule has 14 heavy (non-hydrogen) atoms. The van der Waals surface area contributed by atoms with Crippen molar-refractivity contribution in [1.82, 2.24) is 0 Å². The first-order valence-electron chi connectivity index (χ1n) is 4.45. The third-order valence-corrected chi connectivity index (χ3v) is 3.28. The zero-order chi connectivity index (χ0) is 9.38. The molecule has 0 saturated carbocycles. The summed E-state index contributed by atoms with van der Waals surface area (Å²) < 4.78 is 5.33. The minimum Gasteiger partial charge on any atom is -0.463 e. The monoisotopic (exact) mass is 200 g/mol. The predicted molar refractivity (Wildman–Crippen MR) is 59.5 cm³/mol. The molecule has 0 aliphatic heterocycles. The van der Waals surface area contributed by atoms with Crippen LogP contribution in [0.2, 0.25) is 0 Å². The van der Waals surface area contributed by atoms with Gasteiger partial charge >= 0.3 is 0 Å². The third kappa shape index (κ3) is 1.08. The van der Waals surface area contributed by atoms with Crippen molar-refractivity contribution in [2.45, 2.75) is 0 Å². The fraction of sp³-hybridized carbons (Fsp3) is 0. The van der Waals surface area contributed by atoms with Gasteiger partial charge in [-0.25, -0.2) is 0 Å². The van der Waals surface area contributed by atoms with Crippen LogP contribution in [0.1, 0.15) is 0 Å². The number of hydrogen-bond donors (Lipinski definition) is 0. The second-order valence-corrected chi connectivity index (χ2v) is 4.01. The lowest BCUT2D eigenvalue weighted by Gasteiger charge is -1.95. The lowest BCUT2D eigenvalue weighted by Crippen LogP contribution is -1.69. The molecule has 0 aliphatic rings. The minimum absolute atomic E-state index is 0.980. The molecule has 2 aromatic heterocycles. The molecule has 1 nitrogen and oxygen atoms in total. The van der Waals surface area contributed by atoms with Crippen LogP contribution >= 0.6 is 11.3 Å². The largest absolute Gasteiger partial charge is 0.463 e. The number of rotatable bonds is 1. The second-order valence-electron chi connectivity index (χ2n) is 3.13. The van der Waals surface area contributed by atoms with Crippen molar-refractivity contribution in [3.05, 3.63) is 48.0 Å². The second kappa shape index (κ2) is 3.00. The molecule has 0 saturated heterocycles. The molecule has 0 N–H and O–H groups in total. The summed E-state index contributed by atoms with van der Waals surface area (Å²) in [7, 11) is 0. The van der Waals surface area contributed by atoms with E-state index in [0.717, 1.165) is 5.58 Å². The van der Waals surface area contributed by atoms with Crippen LogP contribution in [0.15, 0.2) is 52.5 Å². The van der Waals surface area contributed by atoms with Gasteiger partial charge in [-0.15, -0.1) is 11.3 Å². The summed E-state index contributed by atoms with van der Waals surface area (Å²) in [6, 6.07) is 12.4. The molecule has 0 atom stereocenters. The summed E-state index contributed by atoms with van der Waals surface area (Å²) >= 11 is 1.73. The Balaban J connectivity index is 2.28. The highest BCUT2D eigenvalue weighted by molar-refractivity contribution is 7.15. The van der Waals surface area contributed by atoms with Gasteiger partial charge in [-0.1, -0.05) is 30.3 Å². The molecule has 2 heterocycles. The number of furan rings is 1. The van der Waals surface area contributed by atoms with Crippen LogP contribution in [0, 0.1) is 0 Å². The van der Waals surface area contributed by atoms with Crippen molar-refractivity contribution in [2.75, 3.05) is 0 Å². The number of fused-ring (bicyclic) bond motifs is 1. The normalized spacial score (nSPS) is 10.9. The Morgan fingerprint density at radius 1 is 1.00 bits per heavy atom. The van der Waals surface area contributed by atoms with Crippen molar-refractivity contribution in [2.24, 2.45) is 0 Å². The smallest absolute Gasteiger partial charge is 0.145 e. The van der Waals surface area contributed by atoms with Gasteiger partial charge in [0.25, 0.3) is 0 Å². The maximum absolute atomic E-state index is 5.33. The summed E-state index contributed by atoms with van der Waals surface area (Å²) in [6.07, 6.45) is 1.74. The van der Waals surface area contributed by atoms with E-state index in [-0.39, 0.29) is 0 Å². The Morgan fingerprint density at radius 3 is 2.71 bits per heavy atom. The molecule has 0 radical (unpaired) electrons. The molecule has 2 heteroatoms. The van der Waals surface area contributed by atoms with Gasteiger partial charge in [0.1, 0.15) is 5.58 Å². The number of thiophene rings is 1. The Kier molecular flexibility index (Phi) is 1.67. The SMILES string of the molecule is c1ccc(-c2scc3occc23)cc1. The molecule has 3 rings (SSSR count). The summed E-state index contributed by atoms with van der Waals surface area (Å²) in [6.45, 7) is 0. The fourth-order valence-corrected chi connectivity index (χ4v) is 2.56. The van der Waals surface area contributed by atoms with E-state index in [2.05, 4.69) is 29.6 Å². The van der Waals surface area contributed by atoms with Crippen LogP contribution in [0.5, 0.6) is 0 Å². The molecule has 68 valence electrons. The van der Waals surface area contributed by atoms with Crippen molar-refractivity contribution >= 4 is 22.3 Å². The van der Waals surface area contributed by atoms with E-state index in [1.807, 2.05) is 12.1 Å². The minimum atomic E-state index is 0.980. The van der Waals surface area contributed by atoms with E-state index in [0.29, 0.717) is 0 Å². The Morgan fingerprint density at radius 2 is 1.86 bits per heavy atom. The van der Waals surface area contributed by atoms with Crippen LogP contribution in [-0.2, 0) is 0 Å². The molecule has 0 bridgehead atoms.